The first-order chi connectivity index (χ1) is 10.2. The van der Waals surface area contributed by atoms with Crippen LogP contribution in [0.15, 0.2) is 24.3 Å². The fraction of sp³-hybridized carbons (Fsp3) is 0.625. The third-order valence-electron chi connectivity index (χ3n) is 3.92. The van der Waals surface area contributed by atoms with Crippen molar-refractivity contribution in [1.82, 2.24) is 9.80 Å². The second kappa shape index (κ2) is 8.32. The minimum absolute atomic E-state index is 0.233. The van der Waals surface area contributed by atoms with E-state index < -0.39 is 0 Å². The lowest BCUT2D eigenvalue weighted by molar-refractivity contribution is 0.0531. The first kappa shape index (κ1) is 16.2. The molecule has 0 aromatic heterocycles. The van der Waals surface area contributed by atoms with Crippen LogP contribution in [0.25, 0.3) is 0 Å². The van der Waals surface area contributed by atoms with E-state index in [1.54, 1.807) is 19.2 Å². The average Bonchev–Trinajstić information content (AvgIpc) is 2.48. The first-order valence-corrected chi connectivity index (χ1v) is 7.53. The Morgan fingerprint density at radius 1 is 1.14 bits per heavy atom. The van der Waals surface area contributed by atoms with Crippen LogP contribution in [0.4, 0.5) is 4.39 Å². The molecule has 1 atom stereocenters. The zero-order valence-electron chi connectivity index (χ0n) is 12.9. The summed E-state index contributed by atoms with van der Waals surface area (Å²) in [4.78, 5) is 4.87. The van der Waals surface area contributed by atoms with Crippen molar-refractivity contribution in [2.75, 3.05) is 53.0 Å². The van der Waals surface area contributed by atoms with E-state index >= 15 is 0 Å². The molecule has 1 aromatic rings. The number of piperazine rings is 1. The lowest BCUT2D eigenvalue weighted by atomic mass is 10.2. The molecule has 1 aliphatic heterocycles. The number of nitrogens with zero attached hydrogens (tertiary/aromatic N) is 2. The molecule has 1 saturated heterocycles. The molecule has 0 radical (unpaired) electrons. The van der Waals surface area contributed by atoms with Crippen LogP contribution in [0.5, 0.6) is 5.75 Å². The largest absolute Gasteiger partial charge is 0.492 e. The van der Waals surface area contributed by atoms with Gasteiger partial charge in [-0.15, -0.1) is 0 Å². The third kappa shape index (κ3) is 5.26. The highest BCUT2D eigenvalue weighted by molar-refractivity contribution is 5.21. The predicted octanol–water partition coefficient (Wildman–Crippen LogP) is 1.86. The Balaban J connectivity index is 1.67. The Kier molecular flexibility index (Phi) is 6.42. The summed E-state index contributed by atoms with van der Waals surface area (Å²) in [6, 6.07) is 6.72. The van der Waals surface area contributed by atoms with Gasteiger partial charge in [-0.25, -0.2) is 4.39 Å². The minimum atomic E-state index is -0.233. The number of rotatable bonds is 7. The fourth-order valence-electron chi connectivity index (χ4n) is 2.64. The number of hydrogen-bond donors (Lipinski definition) is 0. The maximum atomic E-state index is 12.8. The quantitative estimate of drug-likeness (QED) is 0.767. The van der Waals surface area contributed by atoms with E-state index in [4.69, 9.17) is 9.47 Å². The lowest BCUT2D eigenvalue weighted by Crippen LogP contribution is -2.53. The van der Waals surface area contributed by atoms with E-state index in [9.17, 15) is 4.39 Å². The van der Waals surface area contributed by atoms with Gasteiger partial charge in [-0.1, -0.05) is 0 Å². The highest BCUT2D eigenvalue weighted by Crippen LogP contribution is 2.12. The van der Waals surface area contributed by atoms with Crippen LogP contribution in [0.1, 0.15) is 6.92 Å². The van der Waals surface area contributed by atoms with E-state index in [2.05, 4.69) is 16.7 Å². The van der Waals surface area contributed by atoms with Gasteiger partial charge in [-0.05, 0) is 31.2 Å². The van der Waals surface area contributed by atoms with Gasteiger partial charge in [-0.2, -0.15) is 0 Å². The molecular weight excluding hydrogens is 271 g/mol. The molecular formula is C16H25FN2O2. The summed E-state index contributed by atoms with van der Waals surface area (Å²) in [6.07, 6.45) is 0. The molecule has 0 N–H and O–H groups in total. The lowest BCUT2D eigenvalue weighted by Gasteiger charge is -2.39. The molecule has 5 heteroatoms. The molecule has 0 unspecified atom stereocenters. The molecule has 0 amide bonds. The Hall–Kier alpha value is -1.17. The van der Waals surface area contributed by atoms with Crippen molar-refractivity contribution >= 4 is 0 Å². The van der Waals surface area contributed by atoms with Gasteiger partial charge in [0.05, 0.1) is 6.61 Å². The molecule has 1 fully saturated rings. The maximum absolute atomic E-state index is 12.8. The van der Waals surface area contributed by atoms with Crippen molar-refractivity contribution in [3.8, 4) is 5.75 Å². The van der Waals surface area contributed by atoms with Gasteiger partial charge in [0.15, 0.2) is 0 Å². The summed E-state index contributed by atoms with van der Waals surface area (Å²) in [5, 5.41) is 0. The minimum Gasteiger partial charge on any atom is -0.492 e. The van der Waals surface area contributed by atoms with Crippen molar-refractivity contribution in [1.29, 1.82) is 0 Å². The summed E-state index contributed by atoms with van der Waals surface area (Å²) < 4.78 is 23.6. The molecule has 2 rings (SSSR count). The van der Waals surface area contributed by atoms with Crippen LogP contribution >= 0.6 is 0 Å². The van der Waals surface area contributed by atoms with Gasteiger partial charge >= 0.3 is 0 Å². The number of halogens is 1. The monoisotopic (exact) mass is 296 g/mol. The summed E-state index contributed by atoms with van der Waals surface area (Å²) in [7, 11) is 1.74. The number of benzene rings is 1. The van der Waals surface area contributed by atoms with E-state index in [0.29, 0.717) is 12.6 Å². The van der Waals surface area contributed by atoms with E-state index in [1.807, 2.05) is 0 Å². The summed E-state index contributed by atoms with van der Waals surface area (Å²) in [6.45, 7) is 8.76. The zero-order chi connectivity index (χ0) is 15.1. The highest BCUT2D eigenvalue weighted by atomic mass is 19.1. The van der Waals surface area contributed by atoms with E-state index in [-0.39, 0.29) is 5.82 Å². The van der Waals surface area contributed by atoms with Crippen molar-refractivity contribution in [3.05, 3.63) is 30.1 Å². The van der Waals surface area contributed by atoms with E-state index in [0.717, 1.165) is 45.1 Å². The zero-order valence-corrected chi connectivity index (χ0v) is 12.9. The Morgan fingerprint density at radius 3 is 2.57 bits per heavy atom. The standard InChI is InChI=1S/C16H25FN2O2/c1-14-13-18(7-8-19(14)10-11-20-2)9-12-21-16-5-3-15(17)4-6-16/h3-6,14H,7-13H2,1-2H3/t14-/m1/s1. The van der Waals surface area contributed by atoms with Crippen molar-refractivity contribution in [2.45, 2.75) is 13.0 Å². The van der Waals surface area contributed by atoms with Crippen LogP contribution < -0.4 is 4.74 Å². The molecule has 4 nitrogen and oxygen atoms in total. The molecule has 0 aliphatic carbocycles. The maximum Gasteiger partial charge on any atom is 0.123 e. The van der Waals surface area contributed by atoms with Gasteiger partial charge < -0.3 is 9.47 Å². The molecule has 1 heterocycles. The summed E-state index contributed by atoms with van der Waals surface area (Å²) in [5.74, 6) is 0.492. The van der Waals surface area contributed by atoms with Gasteiger partial charge in [-0.3, -0.25) is 9.80 Å². The molecule has 118 valence electrons. The second-order valence-electron chi connectivity index (χ2n) is 5.48. The Morgan fingerprint density at radius 2 is 1.90 bits per heavy atom. The fourth-order valence-corrected chi connectivity index (χ4v) is 2.64. The second-order valence-corrected chi connectivity index (χ2v) is 5.48. The van der Waals surface area contributed by atoms with Crippen LogP contribution in [-0.4, -0.2) is 68.9 Å². The van der Waals surface area contributed by atoms with Crippen LogP contribution in [0, 0.1) is 5.82 Å². The molecule has 0 saturated carbocycles. The normalized spacial score (nSPS) is 20.6. The Labute approximate surface area is 126 Å². The molecule has 1 aromatic carbocycles. The van der Waals surface area contributed by atoms with Crippen LogP contribution in [-0.2, 0) is 4.74 Å². The van der Waals surface area contributed by atoms with Gasteiger partial charge in [0.1, 0.15) is 18.2 Å². The number of methoxy groups -OCH3 is 1. The average molecular weight is 296 g/mol. The third-order valence-corrected chi connectivity index (χ3v) is 3.92. The van der Waals surface area contributed by atoms with Gasteiger partial charge in [0.25, 0.3) is 0 Å². The summed E-state index contributed by atoms with van der Waals surface area (Å²) in [5.41, 5.74) is 0. The first-order valence-electron chi connectivity index (χ1n) is 7.53. The molecule has 0 bridgehead atoms. The van der Waals surface area contributed by atoms with Crippen LogP contribution in [0.2, 0.25) is 0 Å². The number of hydrogen-bond acceptors (Lipinski definition) is 4. The van der Waals surface area contributed by atoms with Gasteiger partial charge in [0.2, 0.25) is 0 Å². The molecule has 0 spiro atoms. The van der Waals surface area contributed by atoms with Crippen molar-refractivity contribution in [2.24, 2.45) is 0 Å². The van der Waals surface area contributed by atoms with Crippen molar-refractivity contribution in [3.63, 3.8) is 0 Å². The molecule has 1 aliphatic rings. The van der Waals surface area contributed by atoms with Crippen LogP contribution in [0.3, 0.4) is 0 Å². The van der Waals surface area contributed by atoms with Gasteiger partial charge in [0, 0.05) is 45.9 Å². The Bertz CT molecular complexity index is 413. The topological polar surface area (TPSA) is 24.9 Å². The summed E-state index contributed by atoms with van der Waals surface area (Å²) >= 11 is 0. The predicted molar refractivity (Wildman–Crippen MR) is 81.2 cm³/mol. The SMILES string of the molecule is COCCN1CCN(CCOc2ccc(F)cc2)C[C@H]1C. The van der Waals surface area contributed by atoms with E-state index in [1.165, 1.54) is 12.1 Å². The number of ether oxygens (including phenoxy) is 2. The molecule has 21 heavy (non-hydrogen) atoms. The smallest absolute Gasteiger partial charge is 0.123 e. The van der Waals surface area contributed by atoms with Crippen molar-refractivity contribution < 1.29 is 13.9 Å². The highest BCUT2D eigenvalue weighted by Gasteiger charge is 2.22.